The summed E-state index contributed by atoms with van der Waals surface area (Å²) in [6, 6.07) is 6.01. The third-order valence-corrected chi connectivity index (χ3v) is 4.27. The van der Waals surface area contributed by atoms with E-state index >= 15 is 0 Å². The molecule has 0 aromatic heterocycles. The number of carbonyl (C=O) groups excluding carboxylic acids is 1. The van der Waals surface area contributed by atoms with Crippen LogP contribution in [0.15, 0.2) is 18.2 Å². The number of benzene rings is 1. The van der Waals surface area contributed by atoms with Crippen LogP contribution >= 0.6 is 22.6 Å². The summed E-state index contributed by atoms with van der Waals surface area (Å²) in [5.41, 5.74) is 1.91. The zero-order chi connectivity index (χ0) is 13.7. The Labute approximate surface area is 123 Å². The molecule has 0 fully saturated rings. The topological polar surface area (TPSA) is 29.5 Å². The predicted molar refractivity (Wildman–Crippen MR) is 81.9 cm³/mol. The van der Waals surface area contributed by atoms with Crippen LogP contribution in [0.1, 0.15) is 29.8 Å². The minimum absolute atomic E-state index is 0.0788. The molecule has 3 nitrogen and oxygen atoms in total. The largest absolute Gasteiger partial charge is 0.383 e. The van der Waals surface area contributed by atoms with Gasteiger partial charge in [-0.3, -0.25) is 4.79 Å². The van der Waals surface area contributed by atoms with Crippen LogP contribution < -0.4 is 0 Å². The second-order valence-corrected chi connectivity index (χ2v) is 5.60. The summed E-state index contributed by atoms with van der Waals surface area (Å²) in [4.78, 5) is 14.4. The van der Waals surface area contributed by atoms with Crippen molar-refractivity contribution in [2.75, 3.05) is 20.3 Å². The Bertz CT molecular complexity index is 418. The van der Waals surface area contributed by atoms with Gasteiger partial charge in [-0.05, 0) is 55.0 Å². The number of methoxy groups -OCH3 is 1. The van der Waals surface area contributed by atoms with Gasteiger partial charge in [0.1, 0.15) is 0 Å². The van der Waals surface area contributed by atoms with Gasteiger partial charge in [0.05, 0.1) is 12.2 Å². The molecule has 100 valence electrons. The van der Waals surface area contributed by atoms with Crippen LogP contribution in [0.25, 0.3) is 0 Å². The first-order chi connectivity index (χ1) is 8.49. The van der Waals surface area contributed by atoms with E-state index in [2.05, 4.69) is 22.6 Å². The molecule has 0 bridgehead atoms. The molecule has 0 saturated carbocycles. The molecule has 0 atom stereocenters. The smallest absolute Gasteiger partial charge is 0.255 e. The van der Waals surface area contributed by atoms with E-state index in [1.54, 1.807) is 7.11 Å². The Morgan fingerprint density at radius 2 is 2.11 bits per heavy atom. The number of nitrogens with zero attached hydrogens (tertiary/aromatic N) is 1. The normalized spacial score (nSPS) is 10.8. The minimum Gasteiger partial charge on any atom is -0.383 e. The third-order valence-electron chi connectivity index (χ3n) is 2.84. The fourth-order valence-electron chi connectivity index (χ4n) is 1.75. The van der Waals surface area contributed by atoms with Crippen LogP contribution in [0.2, 0.25) is 0 Å². The van der Waals surface area contributed by atoms with Crippen molar-refractivity contribution in [2.24, 2.45) is 0 Å². The number of carbonyl (C=O) groups is 1. The number of aryl methyl sites for hydroxylation is 1. The molecule has 1 rings (SSSR count). The van der Waals surface area contributed by atoms with Crippen molar-refractivity contribution in [3.63, 3.8) is 0 Å². The molecule has 0 unspecified atom stereocenters. The molecule has 18 heavy (non-hydrogen) atoms. The van der Waals surface area contributed by atoms with Crippen LogP contribution in [0.3, 0.4) is 0 Å². The van der Waals surface area contributed by atoms with Crippen LogP contribution in [-0.2, 0) is 4.74 Å². The van der Waals surface area contributed by atoms with E-state index in [1.165, 1.54) is 0 Å². The lowest BCUT2D eigenvalue weighted by Gasteiger charge is -2.27. The van der Waals surface area contributed by atoms with Crippen molar-refractivity contribution < 1.29 is 9.53 Å². The van der Waals surface area contributed by atoms with Crippen molar-refractivity contribution >= 4 is 28.5 Å². The number of hydrogen-bond acceptors (Lipinski definition) is 2. The van der Waals surface area contributed by atoms with Gasteiger partial charge in [0.15, 0.2) is 0 Å². The lowest BCUT2D eigenvalue weighted by Crippen LogP contribution is -2.39. The molecule has 1 aromatic carbocycles. The van der Waals surface area contributed by atoms with E-state index in [9.17, 15) is 4.79 Å². The number of ether oxygens (including phenoxy) is 1. The van der Waals surface area contributed by atoms with E-state index in [0.29, 0.717) is 13.2 Å². The van der Waals surface area contributed by atoms with Crippen molar-refractivity contribution in [1.29, 1.82) is 0 Å². The van der Waals surface area contributed by atoms with Gasteiger partial charge in [-0.25, -0.2) is 0 Å². The fraction of sp³-hybridized carbons (Fsp3) is 0.500. The van der Waals surface area contributed by atoms with Crippen LogP contribution in [-0.4, -0.2) is 37.1 Å². The maximum absolute atomic E-state index is 12.5. The molecule has 0 spiro atoms. The van der Waals surface area contributed by atoms with E-state index < -0.39 is 0 Å². The van der Waals surface area contributed by atoms with Crippen molar-refractivity contribution in [3.05, 3.63) is 32.9 Å². The molecule has 1 amide bonds. The van der Waals surface area contributed by atoms with Gasteiger partial charge in [0.2, 0.25) is 0 Å². The first-order valence-electron chi connectivity index (χ1n) is 6.04. The van der Waals surface area contributed by atoms with E-state index in [-0.39, 0.29) is 11.9 Å². The molecular formula is C14H20INO2. The maximum atomic E-state index is 12.5. The van der Waals surface area contributed by atoms with Gasteiger partial charge >= 0.3 is 0 Å². The van der Waals surface area contributed by atoms with Gasteiger partial charge in [0.25, 0.3) is 5.91 Å². The summed E-state index contributed by atoms with van der Waals surface area (Å²) in [5, 5.41) is 0. The molecule has 1 aromatic rings. The molecule has 0 heterocycles. The first kappa shape index (κ1) is 15.4. The summed E-state index contributed by atoms with van der Waals surface area (Å²) in [6.45, 7) is 7.25. The van der Waals surface area contributed by atoms with Crippen LogP contribution in [0.5, 0.6) is 0 Å². The summed E-state index contributed by atoms with van der Waals surface area (Å²) >= 11 is 2.24. The summed E-state index contributed by atoms with van der Waals surface area (Å²) < 4.78 is 6.10. The summed E-state index contributed by atoms with van der Waals surface area (Å²) in [7, 11) is 1.65. The van der Waals surface area contributed by atoms with Crippen molar-refractivity contribution in [1.82, 2.24) is 4.90 Å². The number of rotatable bonds is 5. The molecule has 0 saturated heterocycles. The highest BCUT2D eigenvalue weighted by atomic mass is 127. The molecule has 4 heteroatoms. The Balaban J connectivity index is 2.98. The van der Waals surface area contributed by atoms with E-state index in [1.807, 2.05) is 43.9 Å². The van der Waals surface area contributed by atoms with Gasteiger partial charge < -0.3 is 9.64 Å². The minimum atomic E-state index is 0.0788. The highest BCUT2D eigenvalue weighted by Gasteiger charge is 2.20. The van der Waals surface area contributed by atoms with Crippen molar-refractivity contribution in [3.8, 4) is 0 Å². The lowest BCUT2D eigenvalue weighted by molar-refractivity contribution is 0.0634. The molecule has 0 N–H and O–H groups in total. The standard InChI is InChI=1S/C14H20INO2/c1-10(2)16(8-9-18-4)14(17)12-7-5-6-11(3)13(12)15/h5-7,10H,8-9H2,1-4H3. The quantitative estimate of drug-likeness (QED) is 0.755. The average molecular weight is 361 g/mol. The SMILES string of the molecule is COCCN(C(=O)c1cccc(C)c1I)C(C)C. The van der Waals surface area contributed by atoms with Crippen LogP contribution in [0, 0.1) is 10.5 Å². The summed E-state index contributed by atoms with van der Waals surface area (Å²) in [6.07, 6.45) is 0. The molecule has 0 radical (unpaired) electrons. The van der Waals surface area contributed by atoms with Gasteiger partial charge in [0, 0.05) is 23.3 Å². The Kier molecular flexibility index (Phi) is 6.08. The number of halogens is 1. The second kappa shape index (κ2) is 7.09. The average Bonchev–Trinajstić information content (AvgIpc) is 2.32. The summed E-state index contributed by atoms with van der Waals surface area (Å²) in [5.74, 6) is 0.0788. The van der Waals surface area contributed by atoms with E-state index in [4.69, 9.17) is 4.74 Å². The van der Waals surface area contributed by atoms with E-state index in [0.717, 1.165) is 14.7 Å². The fourth-order valence-corrected chi connectivity index (χ4v) is 2.34. The third kappa shape index (κ3) is 3.68. The number of hydrogen-bond donors (Lipinski definition) is 0. The number of amides is 1. The molecule has 0 aliphatic rings. The predicted octanol–water partition coefficient (Wildman–Crippen LogP) is 3.10. The maximum Gasteiger partial charge on any atom is 0.255 e. The zero-order valence-electron chi connectivity index (χ0n) is 11.4. The monoisotopic (exact) mass is 361 g/mol. The first-order valence-corrected chi connectivity index (χ1v) is 7.12. The highest BCUT2D eigenvalue weighted by Crippen LogP contribution is 2.19. The molecule has 0 aliphatic heterocycles. The van der Waals surface area contributed by atoms with Crippen LogP contribution in [0.4, 0.5) is 0 Å². The van der Waals surface area contributed by atoms with Gasteiger partial charge in [-0.15, -0.1) is 0 Å². The Morgan fingerprint density at radius 1 is 1.44 bits per heavy atom. The van der Waals surface area contributed by atoms with Gasteiger partial charge in [-0.1, -0.05) is 12.1 Å². The Morgan fingerprint density at radius 3 is 2.67 bits per heavy atom. The second-order valence-electron chi connectivity index (χ2n) is 4.52. The zero-order valence-corrected chi connectivity index (χ0v) is 13.5. The van der Waals surface area contributed by atoms with Crippen molar-refractivity contribution in [2.45, 2.75) is 26.8 Å². The molecule has 0 aliphatic carbocycles. The molecular weight excluding hydrogens is 341 g/mol. The highest BCUT2D eigenvalue weighted by molar-refractivity contribution is 14.1. The van der Waals surface area contributed by atoms with Gasteiger partial charge in [-0.2, -0.15) is 0 Å². The Hall–Kier alpha value is -0.620. The lowest BCUT2D eigenvalue weighted by atomic mass is 10.1.